The van der Waals surface area contributed by atoms with Gasteiger partial charge in [-0.1, -0.05) is 188 Å². The Morgan fingerprint density at radius 2 is 0.768 bits per heavy atom. The van der Waals surface area contributed by atoms with Gasteiger partial charge in [0.1, 0.15) is 0 Å². The highest BCUT2D eigenvalue weighted by atomic mass is 15.2. The van der Waals surface area contributed by atoms with Gasteiger partial charge < -0.3 is 9.47 Å². The molecular formula is C54H38N2. The molecule has 0 saturated heterocycles. The molecule has 0 aliphatic carbocycles. The minimum atomic E-state index is 1.10. The van der Waals surface area contributed by atoms with Crippen molar-refractivity contribution in [3.05, 3.63) is 231 Å². The third kappa shape index (κ3) is 5.85. The summed E-state index contributed by atoms with van der Waals surface area (Å²) in [5.74, 6) is 0. The van der Waals surface area contributed by atoms with Crippen molar-refractivity contribution >= 4 is 38.9 Å². The lowest BCUT2D eigenvalue weighted by molar-refractivity contribution is 1.18. The maximum atomic E-state index is 2.50. The number of fused-ring (bicyclic) bond motifs is 3. The molecule has 0 fully saturated rings. The summed E-state index contributed by atoms with van der Waals surface area (Å²) in [4.78, 5) is 2.45. The third-order valence-electron chi connectivity index (χ3n) is 10.8. The normalized spacial score (nSPS) is 11.2. The molecule has 264 valence electrons. The van der Waals surface area contributed by atoms with Crippen molar-refractivity contribution in [3.63, 3.8) is 0 Å². The van der Waals surface area contributed by atoms with Crippen LogP contribution < -0.4 is 4.90 Å². The summed E-state index contributed by atoms with van der Waals surface area (Å²) >= 11 is 0. The minimum Gasteiger partial charge on any atom is -0.309 e. The molecule has 0 radical (unpaired) electrons. The van der Waals surface area contributed by atoms with Crippen LogP contribution in [0.2, 0.25) is 0 Å². The van der Waals surface area contributed by atoms with Gasteiger partial charge in [0.25, 0.3) is 0 Å². The van der Waals surface area contributed by atoms with Crippen molar-refractivity contribution in [2.24, 2.45) is 0 Å². The molecule has 0 aliphatic heterocycles. The van der Waals surface area contributed by atoms with E-state index in [0.29, 0.717) is 0 Å². The molecule has 0 aliphatic rings. The van der Waals surface area contributed by atoms with Gasteiger partial charge in [0.15, 0.2) is 0 Å². The Bertz CT molecular complexity index is 2890. The van der Waals surface area contributed by atoms with Gasteiger partial charge in [0.2, 0.25) is 0 Å². The minimum absolute atomic E-state index is 1.10. The number of nitrogens with zero attached hydrogens (tertiary/aromatic N) is 2. The quantitative estimate of drug-likeness (QED) is 0.152. The van der Waals surface area contributed by atoms with Gasteiger partial charge in [-0.05, 0) is 70.3 Å². The van der Waals surface area contributed by atoms with Crippen LogP contribution in [0.25, 0.3) is 72.0 Å². The standard InChI is InChI=1S/C54H38N2/c1-5-20-39(21-6-1)42-26-17-27-43(38-42)45-30-13-15-34-49(45)55(44-28-11-4-12-29-44)51-36-19-37-52-53(51)48-31-14-16-35-50(48)56(52)54-46(40-22-7-2-8-23-40)32-18-33-47(54)41-24-9-3-10-25-41/h1-38H. The van der Waals surface area contributed by atoms with Crippen LogP contribution in [0.1, 0.15) is 0 Å². The topological polar surface area (TPSA) is 8.17 Å². The van der Waals surface area contributed by atoms with Crippen LogP contribution in [0.5, 0.6) is 0 Å². The SMILES string of the molecule is c1ccc(-c2cccc(-c3ccccc3N(c3ccccc3)c3cccc4c3c3ccccc3n4-c3c(-c4ccccc4)cccc3-c3ccccc3)c2)cc1. The van der Waals surface area contributed by atoms with E-state index in [1.165, 1.54) is 49.7 Å². The van der Waals surface area contributed by atoms with E-state index in [9.17, 15) is 0 Å². The molecule has 2 nitrogen and oxygen atoms in total. The number of hydrogen-bond donors (Lipinski definition) is 0. The van der Waals surface area contributed by atoms with E-state index in [2.05, 4.69) is 240 Å². The summed E-state index contributed by atoms with van der Waals surface area (Å²) in [5, 5.41) is 2.39. The van der Waals surface area contributed by atoms with E-state index in [0.717, 1.165) is 39.3 Å². The lowest BCUT2D eigenvalue weighted by Crippen LogP contribution is -2.11. The zero-order valence-electron chi connectivity index (χ0n) is 30.8. The summed E-state index contributed by atoms with van der Waals surface area (Å²) in [6, 6.07) is 83.1. The highest BCUT2D eigenvalue weighted by molar-refractivity contribution is 6.17. The van der Waals surface area contributed by atoms with Crippen LogP contribution in [0.3, 0.4) is 0 Å². The molecule has 0 atom stereocenters. The van der Waals surface area contributed by atoms with Crippen molar-refractivity contribution in [1.29, 1.82) is 0 Å². The first-order valence-electron chi connectivity index (χ1n) is 19.2. The van der Waals surface area contributed by atoms with E-state index in [1.807, 2.05) is 0 Å². The van der Waals surface area contributed by atoms with Gasteiger partial charge in [-0.15, -0.1) is 0 Å². The molecular weight excluding hydrogens is 677 g/mol. The lowest BCUT2D eigenvalue weighted by atomic mass is 9.95. The van der Waals surface area contributed by atoms with Gasteiger partial charge in [-0.25, -0.2) is 0 Å². The summed E-state index contributed by atoms with van der Waals surface area (Å²) in [5.41, 5.74) is 16.3. The second kappa shape index (κ2) is 14.4. The Morgan fingerprint density at radius 1 is 0.304 bits per heavy atom. The Kier molecular flexibility index (Phi) is 8.55. The number of hydrogen-bond acceptors (Lipinski definition) is 1. The van der Waals surface area contributed by atoms with Crippen molar-refractivity contribution in [1.82, 2.24) is 4.57 Å². The van der Waals surface area contributed by atoms with E-state index in [-0.39, 0.29) is 0 Å². The first kappa shape index (κ1) is 33.2. The smallest absolute Gasteiger partial charge is 0.0618 e. The van der Waals surface area contributed by atoms with Gasteiger partial charge in [0, 0.05) is 33.2 Å². The van der Waals surface area contributed by atoms with Crippen molar-refractivity contribution in [2.75, 3.05) is 4.90 Å². The highest BCUT2D eigenvalue weighted by Crippen LogP contribution is 2.48. The van der Waals surface area contributed by atoms with Gasteiger partial charge >= 0.3 is 0 Å². The van der Waals surface area contributed by atoms with Crippen molar-refractivity contribution in [3.8, 4) is 50.2 Å². The summed E-state index contributed by atoms with van der Waals surface area (Å²) in [7, 11) is 0. The average Bonchev–Trinajstić information content (AvgIpc) is 3.62. The molecule has 0 bridgehead atoms. The molecule has 0 spiro atoms. The summed E-state index contributed by atoms with van der Waals surface area (Å²) in [6.45, 7) is 0. The molecule has 9 aromatic carbocycles. The number of benzene rings is 9. The molecule has 10 rings (SSSR count). The Hall–Kier alpha value is -7.42. The van der Waals surface area contributed by atoms with Crippen molar-refractivity contribution < 1.29 is 0 Å². The maximum Gasteiger partial charge on any atom is 0.0618 e. The largest absolute Gasteiger partial charge is 0.309 e. The average molecular weight is 715 g/mol. The second-order valence-electron chi connectivity index (χ2n) is 14.1. The Labute approximate surface area is 327 Å². The molecule has 0 unspecified atom stereocenters. The number of rotatable bonds is 8. The highest BCUT2D eigenvalue weighted by Gasteiger charge is 2.25. The molecule has 10 aromatic rings. The lowest BCUT2D eigenvalue weighted by Gasteiger charge is -2.29. The maximum absolute atomic E-state index is 2.50. The Balaban J connectivity index is 1.27. The first-order valence-corrected chi connectivity index (χ1v) is 19.2. The molecule has 0 amide bonds. The summed E-state index contributed by atoms with van der Waals surface area (Å²) < 4.78 is 2.50. The van der Waals surface area contributed by atoms with E-state index < -0.39 is 0 Å². The number of aromatic nitrogens is 1. The van der Waals surface area contributed by atoms with E-state index in [1.54, 1.807) is 0 Å². The monoisotopic (exact) mass is 714 g/mol. The molecule has 1 aromatic heterocycles. The third-order valence-corrected chi connectivity index (χ3v) is 10.8. The molecule has 56 heavy (non-hydrogen) atoms. The van der Waals surface area contributed by atoms with Gasteiger partial charge in [-0.2, -0.15) is 0 Å². The van der Waals surface area contributed by atoms with E-state index in [4.69, 9.17) is 0 Å². The molecule has 0 saturated carbocycles. The fourth-order valence-electron chi connectivity index (χ4n) is 8.31. The van der Waals surface area contributed by atoms with Gasteiger partial charge in [0.05, 0.1) is 28.1 Å². The van der Waals surface area contributed by atoms with Gasteiger partial charge in [-0.3, -0.25) is 0 Å². The second-order valence-corrected chi connectivity index (χ2v) is 14.1. The Morgan fingerprint density at radius 3 is 1.46 bits per heavy atom. The predicted octanol–water partition coefficient (Wildman–Crippen LogP) is 14.9. The zero-order valence-corrected chi connectivity index (χ0v) is 30.8. The van der Waals surface area contributed by atoms with Crippen LogP contribution in [-0.2, 0) is 0 Å². The first-order chi connectivity index (χ1) is 27.8. The molecule has 1 heterocycles. The molecule has 0 N–H and O–H groups in total. The van der Waals surface area contributed by atoms with E-state index >= 15 is 0 Å². The van der Waals surface area contributed by atoms with Crippen molar-refractivity contribution in [2.45, 2.75) is 0 Å². The number of anilines is 3. The van der Waals surface area contributed by atoms with Crippen LogP contribution in [0, 0.1) is 0 Å². The fourth-order valence-corrected chi connectivity index (χ4v) is 8.31. The molecule has 2 heteroatoms. The van der Waals surface area contributed by atoms with Crippen LogP contribution in [0.4, 0.5) is 17.1 Å². The summed E-state index contributed by atoms with van der Waals surface area (Å²) in [6.07, 6.45) is 0. The van der Waals surface area contributed by atoms with Crippen LogP contribution >= 0.6 is 0 Å². The predicted molar refractivity (Wildman–Crippen MR) is 237 cm³/mol. The van der Waals surface area contributed by atoms with Crippen LogP contribution in [-0.4, -0.2) is 4.57 Å². The van der Waals surface area contributed by atoms with Crippen LogP contribution in [0.15, 0.2) is 231 Å². The fraction of sp³-hybridized carbons (Fsp3) is 0. The number of para-hydroxylation sites is 4. The zero-order chi connectivity index (χ0) is 37.3.